The number of hydrogen-bond donors (Lipinski definition) is 2. The zero-order valence-corrected chi connectivity index (χ0v) is 11.4. The lowest BCUT2D eigenvalue weighted by atomic mass is 10.2. The van der Waals surface area contributed by atoms with E-state index in [1.54, 1.807) is 18.0 Å². The fourth-order valence-corrected chi connectivity index (χ4v) is 1.93. The van der Waals surface area contributed by atoms with Crippen molar-refractivity contribution in [2.75, 3.05) is 12.4 Å². The summed E-state index contributed by atoms with van der Waals surface area (Å²) in [5, 5.41) is 11.6. The molecule has 1 saturated carbocycles. The van der Waals surface area contributed by atoms with Gasteiger partial charge in [-0.25, -0.2) is 9.59 Å². The maximum absolute atomic E-state index is 11.9. The number of benzene rings is 1. The Morgan fingerprint density at radius 1 is 1.44 bits per heavy atom. The monoisotopic (exact) mass is 312 g/mol. The Labute approximate surface area is 113 Å². The zero-order valence-electron chi connectivity index (χ0n) is 9.81. The number of nitrogens with zero attached hydrogens (tertiary/aromatic N) is 1. The third-order valence-electron chi connectivity index (χ3n) is 2.87. The van der Waals surface area contributed by atoms with Gasteiger partial charge in [-0.2, -0.15) is 0 Å². The van der Waals surface area contributed by atoms with Crippen LogP contribution in [0.4, 0.5) is 10.5 Å². The third-order valence-corrected chi connectivity index (χ3v) is 3.56. The lowest BCUT2D eigenvalue weighted by molar-refractivity contribution is 0.0697. The summed E-state index contributed by atoms with van der Waals surface area (Å²) in [5.41, 5.74) is 0.606. The Hall–Kier alpha value is -1.56. The first-order valence-electron chi connectivity index (χ1n) is 5.55. The minimum atomic E-state index is -1.02. The molecule has 18 heavy (non-hydrogen) atoms. The van der Waals surface area contributed by atoms with Gasteiger partial charge in [-0.1, -0.05) is 0 Å². The highest BCUT2D eigenvalue weighted by Crippen LogP contribution is 2.28. The van der Waals surface area contributed by atoms with Crippen LogP contribution in [0.15, 0.2) is 22.7 Å². The Morgan fingerprint density at radius 2 is 2.11 bits per heavy atom. The van der Waals surface area contributed by atoms with Crippen LogP contribution in [0.1, 0.15) is 23.2 Å². The number of rotatable bonds is 3. The number of halogens is 1. The molecule has 6 heteroatoms. The molecule has 0 bridgehead atoms. The van der Waals surface area contributed by atoms with Gasteiger partial charge < -0.3 is 15.3 Å². The van der Waals surface area contributed by atoms with Crippen molar-refractivity contribution in [3.05, 3.63) is 28.2 Å². The molecule has 0 unspecified atom stereocenters. The number of carboxylic acids is 1. The summed E-state index contributed by atoms with van der Waals surface area (Å²) in [5.74, 6) is -1.02. The SMILES string of the molecule is CN(C(=O)Nc1cc(C(=O)O)ccc1Br)C1CC1. The minimum Gasteiger partial charge on any atom is -0.478 e. The second-order valence-electron chi connectivity index (χ2n) is 4.27. The van der Waals surface area contributed by atoms with Crippen LogP contribution in [0, 0.1) is 0 Å². The van der Waals surface area contributed by atoms with E-state index in [4.69, 9.17) is 5.11 Å². The van der Waals surface area contributed by atoms with Crippen molar-refractivity contribution >= 4 is 33.6 Å². The summed E-state index contributed by atoms with van der Waals surface area (Å²) in [6.07, 6.45) is 2.06. The number of carbonyl (C=O) groups excluding carboxylic acids is 1. The quantitative estimate of drug-likeness (QED) is 0.901. The molecule has 2 rings (SSSR count). The molecule has 2 N–H and O–H groups in total. The Kier molecular flexibility index (Phi) is 3.56. The first kappa shape index (κ1) is 12.9. The van der Waals surface area contributed by atoms with Crippen LogP contribution in [0.5, 0.6) is 0 Å². The molecule has 5 nitrogen and oxygen atoms in total. The van der Waals surface area contributed by atoms with Gasteiger partial charge in [0.1, 0.15) is 0 Å². The van der Waals surface area contributed by atoms with Gasteiger partial charge in [-0.15, -0.1) is 0 Å². The minimum absolute atomic E-state index is 0.141. The molecular weight excluding hydrogens is 300 g/mol. The normalized spacial score (nSPS) is 14.1. The van der Waals surface area contributed by atoms with Gasteiger partial charge in [-0.3, -0.25) is 0 Å². The standard InChI is InChI=1S/C12H13BrN2O3/c1-15(8-3-4-8)12(18)14-10-6-7(11(16)17)2-5-9(10)13/h2,5-6,8H,3-4H2,1H3,(H,14,18)(H,16,17). The molecule has 1 aliphatic carbocycles. The average Bonchev–Trinajstić information content (AvgIpc) is 3.14. The second kappa shape index (κ2) is 4.97. The van der Waals surface area contributed by atoms with E-state index in [0.717, 1.165) is 12.8 Å². The zero-order chi connectivity index (χ0) is 13.3. The highest BCUT2D eigenvalue weighted by atomic mass is 79.9. The van der Waals surface area contributed by atoms with Crippen LogP contribution in [-0.4, -0.2) is 35.1 Å². The lowest BCUT2D eigenvalue weighted by Gasteiger charge is -2.17. The van der Waals surface area contributed by atoms with E-state index in [1.807, 2.05) is 0 Å². The molecule has 0 radical (unpaired) electrons. The largest absolute Gasteiger partial charge is 0.478 e. The lowest BCUT2D eigenvalue weighted by Crippen LogP contribution is -2.33. The fraction of sp³-hybridized carbons (Fsp3) is 0.333. The van der Waals surface area contributed by atoms with Crippen LogP contribution >= 0.6 is 15.9 Å². The number of aromatic carboxylic acids is 1. The number of nitrogens with one attached hydrogen (secondary N) is 1. The van der Waals surface area contributed by atoms with E-state index in [-0.39, 0.29) is 11.6 Å². The molecule has 1 aromatic rings. The fourth-order valence-electron chi connectivity index (χ4n) is 1.59. The van der Waals surface area contributed by atoms with Crippen molar-refractivity contribution in [1.29, 1.82) is 0 Å². The molecular formula is C12H13BrN2O3. The number of hydrogen-bond acceptors (Lipinski definition) is 2. The van der Waals surface area contributed by atoms with Gasteiger partial charge in [0.25, 0.3) is 0 Å². The van der Waals surface area contributed by atoms with Crippen molar-refractivity contribution in [3.63, 3.8) is 0 Å². The van der Waals surface area contributed by atoms with Gasteiger partial charge in [0.05, 0.1) is 11.3 Å². The predicted octanol–water partition coefficient (Wildman–Crippen LogP) is 2.77. The summed E-state index contributed by atoms with van der Waals surface area (Å²) >= 11 is 3.28. The van der Waals surface area contributed by atoms with Crippen molar-refractivity contribution < 1.29 is 14.7 Å². The molecule has 1 fully saturated rings. The van der Waals surface area contributed by atoms with E-state index in [2.05, 4.69) is 21.2 Å². The smallest absolute Gasteiger partial charge is 0.335 e. The van der Waals surface area contributed by atoms with Gasteiger partial charge >= 0.3 is 12.0 Å². The Balaban J connectivity index is 2.14. The molecule has 0 saturated heterocycles. The summed E-state index contributed by atoms with van der Waals surface area (Å²) in [6.45, 7) is 0. The highest BCUT2D eigenvalue weighted by molar-refractivity contribution is 9.10. The van der Waals surface area contributed by atoms with Crippen molar-refractivity contribution in [3.8, 4) is 0 Å². The topological polar surface area (TPSA) is 69.6 Å². The van der Waals surface area contributed by atoms with E-state index < -0.39 is 5.97 Å². The van der Waals surface area contributed by atoms with Crippen molar-refractivity contribution in [2.45, 2.75) is 18.9 Å². The van der Waals surface area contributed by atoms with Crippen LogP contribution in [0.2, 0.25) is 0 Å². The van der Waals surface area contributed by atoms with Crippen molar-refractivity contribution in [2.24, 2.45) is 0 Å². The molecule has 0 spiro atoms. The summed E-state index contributed by atoms with van der Waals surface area (Å²) < 4.78 is 0.657. The highest BCUT2D eigenvalue weighted by Gasteiger charge is 2.29. The first-order valence-corrected chi connectivity index (χ1v) is 6.35. The molecule has 0 aliphatic heterocycles. The van der Waals surface area contributed by atoms with Gasteiger partial charge in [0.15, 0.2) is 0 Å². The molecule has 0 atom stereocenters. The van der Waals surface area contributed by atoms with Crippen LogP contribution < -0.4 is 5.32 Å². The maximum atomic E-state index is 11.9. The van der Waals surface area contributed by atoms with Gasteiger partial charge in [0.2, 0.25) is 0 Å². The van der Waals surface area contributed by atoms with Crippen LogP contribution in [0.25, 0.3) is 0 Å². The number of anilines is 1. The van der Waals surface area contributed by atoms with Crippen LogP contribution in [0.3, 0.4) is 0 Å². The number of carbonyl (C=O) groups is 2. The van der Waals surface area contributed by atoms with Crippen LogP contribution in [-0.2, 0) is 0 Å². The van der Waals surface area contributed by atoms with Crippen molar-refractivity contribution in [1.82, 2.24) is 4.90 Å². The predicted molar refractivity (Wildman–Crippen MR) is 70.9 cm³/mol. The molecule has 1 aromatic carbocycles. The van der Waals surface area contributed by atoms with Gasteiger partial charge in [-0.05, 0) is 47.0 Å². The third kappa shape index (κ3) is 2.81. The number of amides is 2. The molecule has 0 heterocycles. The maximum Gasteiger partial charge on any atom is 0.335 e. The molecule has 0 aromatic heterocycles. The average molecular weight is 313 g/mol. The van der Waals surface area contributed by atoms with E-state index in [9.17, 15) is 9.59 Å². The summed E-state index contributed by atoms with van der Waals surface area (Å²) in [7, 11) is 1.74. The number of carboxylic acid groups (broad SMARTS) is 1. The molecule has 96 valence electrons. The molecule has 1 aliphatic rings. The number of urea groups is 1. The van der Waals surface area contributed by atoms with Gasteiger partial charge in [0, 0.05) is 17.6 Å². The van der Waals surface area contributed by atoms with E-state index >= 15 is 0 Å². The second-order valence-corrected chi connectivity index (χ2v) is 5.13. The Bertz CT molecular complexity index is 500. The van der Waals surface area contributed by atoms with E-state index in [0.29, 0.717) is 16.2 Å². The Morgan fingerprint density at radius 3 is 2.67 bits per heavy atom. The summed E-state index contributed by atoms with van der Waals surface area (Å²) in [6, 6.07) is 4.61. The molecule has 2 amide bonds. The first-order chi connectivity index (χ1) is 8.49. The summed E-state index contributed by atoms with van der Waals surface area (Å²) in [4.78, 5) is 24.4. The van der Waals surface area contributed by atoms with E-state index in [1.165, 1.54) is 12.1 Å².